The summed E-state index contributed by atoms with van der Waals surface area (Å²) >= 11 is 8.25. The normalized spacial score (nSPS) is 18.2. The van der Waals surface area contributed by atoms with Gasteiger partial charge in [0.05, 0.1) is 11.7 Å². The fraction of sp³-hybridized carbons (Fsp3) is 0.310. The van der Waals surface area contributed by atoms with Crippen LogP contribution in [0.2, 0.25) is 5.02 Å². The summed E-state index contributed by atoms with van der Waals surface area (Å²) in [4.78, 5) is 3.32. The van der Waals surface area contributed by atoms with Gasteiger partial charge in [0.2, 0.25) is 0 Å². The zero-order chi connectivity index (χ0) is 25.1. The maximum Gasteiger partial charge on any atom is 0.124 e. The quantitative estimate of drug-likeness (QED) is 0.346. The van der Waals surface area contributed by atoms with Gasteiger partial charge in [0.25, 0.3) is 0 Å². The molecule has 36 heavy (non-hydrogen) atoms. The van der Waals surface area contributed by atoms with Crippen molar-refractivity contribution in [2.24, 2.45) is 0 Å². The van der Waals surface area contributed by atoms with Crippen molar-refractivity contribution in [3.05, 3.63) is 88.2 Å². The standard InChI is InChI=1S/C29H28ClF2NO2S/c30-27-16-20(32)4-8-24(27)25-11-15-36-28-9-5-21(34)17-26(28)29(25)19-2-6-22(7-3-19)35-23-10-14-33(18-23)13-1-12-31/h2-9,16-17,23,34H,1,10-15,18H2/t23-/m0/s1. The van der Waals surface area contributed by atoms with Gasteiger partial charge in [0.1, 0.15) is 23.4 Å². The Kier molecular flexibility index (Phi) is 7.85. The van der Waals surface area contributed by atoms with Gasteiger partial charge in [-0.15, -0.1) is 11.8 Å². The molecule has 0 bridgehead atoms. The Morgan fingerprint density at radius 3 is 2.67 bits per heavy atom. The summed E-state index contributed by atoms with van der Waals surface area (Å²) in [7, 11) is 0. The summed E-state index contributed by atoms with van der Waals surface area (Å²) in [5.41, 5.74) is 4.70. The number of alkyl halides is 1. The molecule has 3 aromatic rings. The van der Waals surface area contributed by atoms with E-state index >= 15 is 0 Å². The van der Waals surface area contributed by atoms with E-state index in [4.69, 9.17) is 16.3 Å². The number of ether oxygens (including phenoxy) is 1. The van der Waals surface area contributed by atoms with E-state index in [0.29, 0.717) is 11.4 Å². The fourth-order valence-corrected chi connectivity index (χ4v) is 6.28. The highest BCUT2D eigenvalue weighted by Gasteiger charge is 2.25. The summed E-state index contributed by atoms with van der Waals surface area (Å²) in [6, 6.07) is 17.9. The molecule has 188 valence electrons. The Morgan fingerprint density at radius 2 is 1.89 bits per heavy atom. The van der Waals surface area contributed by atoms with Crippen LogP contribution in [0.1, 0.15) is 36.0 Å². The molecular formula is C29H28ClF2NO2S. The molecule has 2 aliphatic rings. The number of hydrogen-bond donors (Lipinski definition) is 1. The van der Waals surface area contributed by atoms with Crippen molar-refractivity contribution < 1.29 is 18.6 Å². The van der Waals surface area contributed by atoms with Crippen LogP contribution in [0.3, 0.4) is 0 Å². The van der Waals surface area contributed by atoms with E-state index in [-0.39, 0.29) is 24.3 Å². The number of rotatable bonds is 7. The number of allylic oxidation sites excluding steroid dienone is 1. The summed E-state index contributed by atoms with van der Waals surface area (Å²) < 4.78 is 32.6. The Balaban J connectivity index is 1.49. The third kappa shape index (κ3) is 5.56. The molecule has 0 saturated carbocycles. The highest BCUT2D eigenvalue weighted by atomic mass is 35.5. The molecule has 2 aliphatic heterocycles. The summed E-state index contributed by atoms with van der Waals surface area (Å²) in [5.74, 6) is 1.45. The van der Waals surface area contributed by atoms with Crippen LogP contribution in [-0.4, -0.2) is 48.2 Å². The molecule has 1 fully saturated rings. The van der Waals surface area contributed by atoms with E-state index in [1.807, 2.05) is 30.3 Å². The first-order valence-electron chi connectivity index (χ1n) is 12.2. The van der Waals surface area contributed by atoms with Crippen LogP contribution in [0.25, 0.3) is 11.1 Å². The zero-order valence-corrected chi connectivity index (χ0v) is 21.4. The molecular weight excluding hydrogens is 500 g/mol. The van der Waals surface area contributed by atoms with Gasteiger partial charge in [-0.1, -0.05) is 29.8 Å². The first-order chi connectivity index (χ1) is 17.5. The Hall–Kier alpha value is -2.54. The topological polar surface area (TPSA) is 32.7 Å². The second kappa shape index (κ2) is 11.2. The van der Waals surface area contributed by atoms with E-state index < -0.39 is 0 Å². The van der Waals surface area contributed by atoms with Gasteiger partial charge < -0.3 is 9.84 Å². The highest BCUT2D eigenvalue weighted by molar-refractivity contribution is 7.99. The van der Waals surface area contributed by atoms with Crippen molar-refractivity contribution in [1.29, 1.82) is 0 Å². The predicted octanol–water partition coefficient (Wildman–Crippen LogP) is 7.45. The van der Waals surface area contributed by atoms with E-state index in [0.717, 1.165) is 76.7 Å². The third-order valence-electron chi connectivity index (χ3n) is 6.68. The Labute approximate surface area is 219 Å². The number of likely N-dealkylation sites (tertiary alicyclic amines) is 1. The highest BCUT2D eigenvalue weighted by Crippen LogP contribution is 2.45. The third-order valence-corrected chi connectivity index (χ3v) is 8.07. The molecule has 2 heterocycles. The number of fused-ring (bicyclic) bond motifs is 1. The van der Waals surface area contributed by atoms with Gasteiger partial charge in [-0.2, -0.15) is 0 Å². The van der Waals surface area contributed by atoms with Gasteiger partial charge in [0, 0.05) is 30.3 Å². The summed E-state index contributed by atoms with van der Waals surface area (Å²) in [5, 5.41) is 10.7. The van der Waals surface area contributed by atoms with Crippen molar-refractivity contribution in [3.8, 4) is 11.5 Å². The Bertz CT molecular complexity index is 1260. The molecule has 0 amide bonds. The maximum atomic E-state index is 13.8. The minimum Gasteiger partial charge on any atom is -0.508 e. The molecule has 0 radical (unpaired) electrons. The smallest absolute Gasteiger partial charge is 0.124 e. The molecule has 0 spiro atoms. The number of phenolic OH excluding ortho intramolecular Hbond substituents is 1. The molecule has 0 unspecified atom stereocenters. The fourth-order valence-electron chi connectivity index (χ4n) is 5.00. The second-order valence-electron chi connectivity index (χ2n) is 9.15. The van der Waals surface area contributed by atoms with Crippen LogP contribution in [0.5, 0.6) is 11.5 Å². The van der Waals surface area contributed by atoms with Crippen LogP contribution >= 0.6 is 23.4 Å². The molecule has 7 heteroatoms. The molecule has 0 aliphatic carbocycles. The van der Waals surface area contributed by atoms with Crippen molar-refractivity contribution in [2.45, 2.75) is 30.3 Å². The number of hydrogen-bond acceptors (Lipinski definition) is 4. The minimum absolute atomic E-state index is 0.0928. The first-order valence-corrected chi connectivity index (χ1v) is 13.6. The van der Waals surface area contributed by atoms with Crippen molar-refractivity contribution >= 4 is 34.5 Å². The molecule has 5 rings (SSSR count). The van der Waals surface area contributed by atoms with Gasteiger partial charge in [-0.05, 0) is 89.6 Å². The van der Waals surface area contributed by atoms with Gasteiger partial charge in [-0.3, -0.25) is 9.29 Å². The number of nitrogens with zero attached hydrogens (tertiary/aromatic N) is 1. The lowest BCUT2D eigenvalue weighted by Crippen LogP contribution is -2.26. The van der Waals surface area contributed by atoms with Crippen molar-refractivity contribution in [3.63, 3.8) is 0 Å². The van der Waals surface area contributed by atoms with Crippen LogP contribution in [0.15, 0.2) is 65.6 Å². The van der Waals surface area contributed by atoms with E-state index in [2.05, 4.69) is 4.90 Å². The van der Waals surface area contributed by atoms with Crippen LogP contribution in [0.4, 0.5) is 8.78 Å². The molecule has 1 N–H and O–H groups in total. The average Bonchev–Trinajstić information content (AvgIpc) is 3.23. The lowest BCUT2D eigenvalue weighted by molar-refractivity contribution is 0.198. The van der Waals surface area contributed by atoms with E-state index in [1.54, 1.807) is 30.0 Å². The van der Waals surface area contributed by atoms with Crippen LogP contribution < -0.4 is 4.74 Å². The van der Waals surface area contributed by atoms with Crippen LogP contribution in [0, 0.1) is 5.82 Å². The lowest BCUT2D eigenvalue weighted by atomic mass is 9.88. The molecule has 3 aromatic carbocycles. The van der Waals surface area contributed by atoms with Gasteiger partial charge >= 0.3 is 0 Å². The summed E-state index contributed by atoms with van der Waals surface area (Å²) in [6.07, 6.45) is 2.33. The maximum absolute atomic E-state index is 13.8. The summed E-state index contributed by atoms with van der Waals surface area (Å²) in [6.45, 7) is 2.21. The minimum atomic E-state index is -0.372. The van der Waals surface area contributed by atoms with Crippen LogP contribution in [-0.2, 0) is 0 Å². The monoisotopic (exact) mass is 527 g/mol. The molecule has 1 atom stereocenters. The molecule has 0 aromatic heterocycles. The average molecular weight is 528 g/mol. The molecule has 3 nitrogen and oxygen atoms in total. The van der Waals surface area contributed by atoms with E-state index in [9.17, 15) is 13.9 Å². The molecule has 1 saturated heterocycles. The largest absolute Gasteiger partial charge is 0.508 e. The van der Waals surface area contributed by atoms with Gasteiger partial charge in [0.15, 0.2) is 0 Å². The Morgan fingerprint density at radius 1 is 1.06 bits per heavy atom. The first kappa shape index (κ1) is 25.1. The van der Waals surface area contributed by atoms with Crippen molar-refractivity contribution in [1.82, 2.24) is 4.90 Å². The van der Waals surface area contributed by atoms with Crippen molar-refractivity contribution in [2.75, 3.05) is 32.1 Å². The second-order valence-corrected chi connectivity index (χ2v) is 10.7. The number of halogens is 3. The lowest BCUT2D eigenvalue weighted by Gasteiger charge is -2.19. The SMILES string of the molecule is Oc1ccc2c(c1)C(c1ccc(O[C@H]3CCN(CCCF)C3)cc1)=C(c1ccc(F)cc1Cl)CCS2. The predicted molar refractivity (Wildman–Crippen MR) is 143 cm³/mol. The number of benzene rings is 3. The number of aromatic hydroxyl groups is 1. The zero-order valence-electron chi connectivity index (χ0n) is 19.9. The van der Waals surface area contributed by atoms with E-state index in [1.165, 1.54) is 12.1 Å². The number of phenols is 1. The van der Waals surface area contributed by atoms with Gasteiger partial charge in [-0.25, -0.2) is 4.39 Å². The number of thioether (sulfide) groups is 1.